The van der Waals surface area contributed by atoms with Crippen molar-refractivity contribution in [2.45, 2.75) is 30.8 Å². The van der Waals surface area contributed by atoms with Gasteiger partial charge < -0.3 is 5.32 Å². The highest BCUT2D eigenvalue weighted by atomic mass is 32.2. The molecule has 1 aromatic carbocycles. The van der Waals surface area contributed by atoms with Gasteiger partial charge in [-0.05, 0) is 25.0 Å². The zero-order valence-electron chi connectivity index (χ0n) is 11.7. The van der Waals surface area contributed by atoms with E-state index in [1.54, 1.807) is 5.38 Å². The van der Waals surface area contributed by atoms with E-state index in [0.717, 1.165) is 29.2 Å². The van der Waals surface area contributed by atoms with Crippen LogP contribution in [0, 0.1) is 6.92 Å². The number of thioether (sulfide) groups is 1. The number of thiazole rings is 1. The summed E-state index contributed by atoms with van der Waals surface area (Å²) in [5, 5.41) is 4.84. The first kappa shape index (κ1) is 14.4. The van der Waals surface area contributed by atoms with Gasteiger partial charge in [-0.15, -0.1) is 11.8 Å². The fraction of sp³-hybridized carbons (Fsp3) is 0.333. The summed E-state index contributed by atoms with van der Waals surface area (Å²) in [4.78, 5) is 25.0. The Labute approximate surface area is 131 Å². The van der Waals surface area contributed by atoms with Crippen molar-refractivity contribution in [3.63, 3.8) is 0 Å². The van der Waals surface area contributed by atoms with Crippen LogP contribution in [-0.4, -0.2) is 16.2 Å². The largest absolute Gasteiger partial charge is 0.348 e. The lowest BCUT2D eigenvalue weighted by molar-refractivity contribution is -0.122. The van der Waals surface area contributed by atoms with E-state index >= 15 is 0 Å². The molecule has 1 atom stereocenters. The molecule has 2 heterocycles. The molecule has 0 radical (unpaired) electrons. The number of aryl methyl sites for hydroxylation is 1. The number of fused-ring (bicyclic) bond motifs is 1. The third kappa shape index (κ3) is 3.06. The molecule has 1 amide bonds. The maximum Gasteiger partial charge on any atom is 0.307 e. The fourth-order valence-corrected chi connectivity index (χ4v) is 4.33. The maximum atomic E-state index is 12.2. The van der Waals surface area contributed by atoms with Crippen LogP contribution in [0.4, 0.5) is 0 Å². The summed E-state index contributed by atoms with van der Waals surface area (Å²) >= 11 is 2.96. The van der Waals surface area contributed by atoms with Crippen LogP contribution >= 0.6 is 23.1 Å². The minimum absolute atomic E-state index is 0.0459. The molecule has 1 aliphatic rings. The molecular weight excluding hydrogens is 304 g/mol. The van der Waals surface area contributed by atoms with E-state index in [0.29, 0.717) is 0 Å². The van der Waals surface area contributed by atoms with Crippen LogP contribution in [0.25, 0.3) is 0 Å². The molecule has 1 N–H and O–H groups in total. The van der Waals surface area contributed by atoms with E-state index in [1.807, 2.05) is 30.8 Å². The van der Waals surface area contributed by atoms with Gasteiger partial charge in [0.1, 0.15) is 6.54 Å². The Hall–Kier alpha value is -1.53. The molecule has 3 rings (SSSR count). The molecule has 0 unspecified atom stereocenters. The van der Waals surface area contributed by atoms with Gasteiger partial charge in [-0.3, -0.25) is 14.2 Å². The second-order valence-corrected chi connectivity index (χ2v) is 6.98. The van der Waals surface area contributed by atoms with Gasteiger partial charge in [0.2, 0.25) is 5.91 Å². The Morgan fingerprint density at radius 1 is 1.43 bits per heavy atom. The zero-order chi connectivity index (χ0) is 14.8. The summed E-state index contributed by atoms with van der Waals surface area (Å²) in [7, 11) is 0. The Balaban J connectivity index is 1.73. The van der Waals surface area contributed by atoms with Crippen LogP contribution in [0.5, 0.6) is 0 Å². The third-order valence-electron chi connectivity index (χ3n) is 3.57. The van der Waals surface area contributed by atoms with Crippen molar-refractivity contribution in [3.05, 3.63) is 50.6 Å². The number of benzene rings is 1. The normalized spacial score (nSPS) is 17.3. The summed E-state index contributed by atoms with van der Waals surface area (Å²) < 4.78 is 1.52. The van der Waals surface area contributed by atoms with Gasteiger partial charge in [0, 0.05) is 21.7 Å². The highest BCUT2D eigenvalue weighted by Gasteiger charge is 2.22. The summed E-state index contributed by atoms with van der Waals surface area (Å²) in [5.41, 5.74) is 2.01. The predicted octanol–water partition coefficient (Wildman–Crippen LogP) is 2.57. The van der Waals surface area contributed by atoms with Crippen LogP contribution in [0.3, 0.4) is 0 Å². The van der Waals surface area contributed by atoms with Crippen LogP contribution in [0.2, 0.25) is 0 Å². The molecule has 21 heavy (non-hydrogen) atoms. The lowest BCUT2D eigenvalue weighted by Crippen LogP contribution is -2.35. The first-order chi connectivity index (χ1) is 10.1. The van der Waals surface area contributed by atoms with Crippen LogP contribution in [-0.2, 0) is 11.3 Å². The number of carbonyl (C=O) groups excluding carboxylic acids is 1. The Kier molecular flexibility index (Phi) is 4.17. The van der Waals surface area contributed by atoms with Crippen molar-refractivity contribution in [2.75, 3.05) is 5.75 Å². The molecule has 1 aliphatic heterocycles. The van der Waals surface area contributed by atoms with E-state index < -0.39 is 0 Å². The second-order valence-electron chi connectivity index (χ2n) is 5.02. The fourth-order valence-electron chi connectivity index (χ4n) is 2.47. The van der Waals surface area contributed by atoms with E-state index in [4.69, 9.17) is 0 Å². The SMILES string of the molecule is Cc1csc(=O)n1CC(=O)N[C@H]1CCSc2ccccc21. The average Bonchev–Trinajstić information content (AvgIpc) is 2.79. The zero-order valence-corrected chi connectivity index (χ0v) is 13.3. The lowest BCUT2D eigenvalue weighted by atomic mass is 10.0. The number of carbonyl (C=O) groups is 1. The summed E-state index contributed by atoms with van der Waals surface area (Å²) in [5.74, 6) is 0.893. The topological polar surface area (TPSA) is 51.1 Å². The van der Waals surface area contributed by atoms with Crippen molar-refractivity contribution in [3.8, 4) is 0 Å². The molecule has 0 bridgehead atoms. The number of amides is 1. The van der Waals surface area contributed by atoms with Crippen molar-refractivity contribution in [1.29, 1.82) is 0 Å². The number of hydrogen-bond donors (Lipinski definition) is 1. The van der Waals surface area contributed by atoms with E-state index in [2.05, 4.69) is 17.4 Å². The van der Waals surface area contributed by atoms with Gasteiger partial charge in [-0.25, -0.2) is 0 Å². The standard InChI is InChI=1S/C15H16N2O2S2/c1-10-9-21-15(19)17(10)8-14(18)16-12-6-7-20-13-5-3-2-4-11(12)13/h2-5,9,12H,6-8H2,1H3,(H,16,18)/t12-/m0/s1. The first-order valence-corrected chi connectivity index (χ1v) is 8.67. The number of aromatic nitrogens is 1. The molecule has 110 valence electrons. The average molecular weight is 320 g/mol. The van der Waals surface area contributed by atoms with Gasteiger partial charge in [0.05, 0.1) is 6.04 Å². The molecule has 0 spiro atoms. The molecule has 0 saturated carbocycles. The number of nitrogens with zero attached hydrogens (tertiary/aromatic N) is 1. The quantitative estimate of drug-likeness (QED) is 0.945. The molecule has 0 aliphatic carbocycles. The van der Waals surface area contributed by atoms with Crippen molar-refractivity contribution in [1.82, 2.24) is 9.88 Å². The molecule has 0 fully saturated rings. The monoisotopic (exact) mass is 320 g/mol. The summed E-state index contributed by atoms with van der Waals surface area (Å²) in [6.07, 6.45) is 0.922. The molecule has 4 nitrogen and oxygen atoms in total. The Morgan fingerprint density at radius 3 is 3.00 bits per heavy atom. The highest BCUT2D eigenvalue weighted by Crippen LogP contribution is 2.35. The van der Waals surface area contributed by atoms with Crippen molar-refractivity contribution in [2.24, 2.45) is 0 Å². The molecule has 1 aromatic heterocycles. The van der Waals surface area contributed by atoms with Crippen LogP contribution < -0.4 is 10.2 Å². The smallest absolute Gasteiger partial charge is 0.307 e. The van der Waals surface area contributed by atoms with Crippen molar-refractivity contribution >= 4 is 29.0 Å². The molecular formula is C15H16N2O2S2. The van der Waals surface area contributed by atoms with Crippen LogP contribution in [0.1, 0.15) is 23.7 Å². The second kappa shape index (κ2) is 6.07. The number of nitrogens with one attached hydrogen (secondary N) is 1. The minimum atomic E-state index is -0.106. The van der Waals surface area contributed by atoms with Crippen LogP contribution in [0.15, 0.2) is 39.3 Å². The summed E-state index contributed by atoms with van der Waals surface area (Å²) in [6.45, 7) is 1.94. The lowest BCUT2D eigenvalue weighted by Gasteiger charge is -2.26. The van der Waals surface area contributed by atoms with Gasteiger partial charge >= 0.3 is 4.87 Å². The van der Waals surface area contributed by atoms with Gasteiger partial charge in [0.15, 0.2) is 0 Å². The van der Waals surface area contributed by atoms with E-state index in [-0.39, 0.29) is 23.4 Å². The number of rotatable bonds is 3. The molecule has 6 heteroatoms. The Bertz CT molecular complexity index is 720. The minimum Gasteiger partial charge on any atom is -0.348 e. The Morgan fingerprint density at radius 2 is 2.24 bits per heavy atom. The maximum absolute atomic E-state index is 12.2. The highest BCUT2D eigenvalue weighted by molar-refractivity contribution is 7.99. The van der Waals surface area contributed by atoms with Crippen molar-refractivity contribution < 1.29 is 4.79 Å². The predicted molar refractivity (Wildman–Crippen MR) is 86.0 cm³/mol. The molecule has 2 aromatic rings. The first-order valence-electron chi connectivity index (χ1n) is 6.81. The molecule has 0 saturated heterocycles. The van der Waals surface area contributed by atoms with E-state index in [1.165, 1.54) is 15.0 Å². The number of hydrogen-bond acceptors (Lipinski definition) is 4. The van der Waals surface area contributed by atoms with Gasteiger partial charge in [-0.1, -0.05) is 29.5 Å². The summed E-state index contributed by atoms with van der Waals surface area (Å²) in [6, 6.07) is 8.21. The third-order valence-corrected chi connectivity index (χ3v) is 5.58. The van der Waals surface area contributed by atoms with Gasteiger partial charge in [-0.2, -0.15) is 0 Å². The van der Waals surface area contributed by atoms with E-state index in [9.17, 15) is 9.59 Å². The van der Waals surface area contributed by atoms with Gasteiger partial charge in [0.25, 0.3) is 0 Å².